The minimum atomic E-state index is -0.523. The first-order valence-corrected chi connectivity index (χ1v) is 7.52. The third kappa shape index (κ3) is 2.70. The van der Waals surface area contributed by atoms with Gasteiger partial charge in [-0.05, 0) is 38.3 Å². The van der Waals surface area contributed by atoms with Crippen molar-refractivity contribution in [1.29, 1.82) is 0 Å². The van der Waals surface area contributed by atoms with Gasteiger partial charge in [0.1, 0.15) is 6.54 Å². The van der Waals surface area contributed by atoms with Crippen LogP contribution in [0.5, 0.6) is 0 Å². The first kappa shape index (κ1) is 14.2. The van der Waals surface area contributed by atoms with Gasteiger partial charge in [-0.15, -0.1) is 0 Å². The summed E-state index contributed by atoms with van der Waals surface area (Å²) in [5.41, 5.74) is 1.01. The number of piperidine rings is 1. The number of halogens is 1. The maximum atomic E-state index is 12.4. The van der Waals surface area contributed by atoms with E-state index in [4.69, 9.17) is 16.0 Å². The second kappa shape index (κ2) is 5.56. The zero-order chi connectivity index (χ0) is 15.0. The highest BCUT2D eigenvalue weighted by atomic mass is 35.5. The Labute approximate surface area is 127 Å². The second-order valence-corrected chi connectivity index (χ2v) is 5.93. The number of amides is 1. The fraction of sp³-hybridized carbons (Fsp3) is 0.467. The molecule has 1 atom stereocenters. The first-order chi connectivity index (χ1) is 10.1. The van der Waals surface area contributed by atoms with Crippen LogP contribution in [0.1, 0.15) is 26.2 Å². The van der Waals surface area contributed by atoms with Gasteiger partial charge >= 0.3 is 5.76 Å². The maximum absolute atomic E-state index is 12.4. The number of hydrogen-bond acceptors (Lipinski definition) is 3. The summed E-state index contributed by atoms with van der Waals surface area (Å²) in [6.07, 6.45) is 3.19. The molecular formula is C15H17ClN2O3. The molecule has 0 N–H and O–H groups in total. The lowest BCUT2D eigenvalue weighted by Gasteiger charge is -2.33. The molecule has 1 aliphatic heterocycles. The zero-order valence-corrected chi connectivity index (χ0v) is 12.6. The average molecular weight is 309 g/mol. The van der Waals surface area contributed by atoms with Gasteiger partial charge in [0.05, 0.1) is 5.52 Å². The van der Waals surface area contributed by atoms with Gasteiger partial charge in [-0.2, -0.15) is 0 Å². The summed E-state index contributed by atoms with van der Waals surface area (Å²) in [7, 11) is 0. The quantitative estimate of drug-likeness (QED) is 0.857. The van der Waals surface area contributed by atoms with Crippen molar-refractivity contribution in [2.24, 2.45) is 0 Å². The van der Waals surface area contributed by atoms with Crippen molar-refractivity contribution < 1.29 is 9.21 Å². The number of rotatable bonds is 2. The Morgan fingerprint density at radius 3 is 3.00 bits per heavy atom. The van der Waals surface area contributed by atoms with Gasteiger partial charge in [0.2, 0.25) is 5.91 Å². The number of nitrogens with zero attached hydrogens (tertiary/aromatic N) is 2. The normalized spacial score (nSPS) is 19.1. The van der Waals surface area contributed by atoms with Crippen LogP contribution >= 0.6 is 11.6 Å². The third-order valence-corrected chi connectivity index (χ3v) is 4.28. The predicted molar refractivity (Wildman–Crippen MR) is 80.5 cm³/mol. The van der Waals surface area contributed by atoms with E-state index in [1.165, 1.54) is 4.57 Å². The largest absolute Gasteiger partial charge is 0.420 e. The minimum absolute atomic E-state index is 0.0117. The highest BCUT2D eigenvalue weighted by Gasteiger charge is 2.24. The zero-order valence-electron chi connectivity index (χ0n) is 11.8. The van der Waals surface area contributed by atoms with E-state index in [-0.39, 0.29) is 18.5 Å². The van der Waals surface area contributed by atoms with Gasteiger partial charge in [-0.3, -0.25) is 9.36 Å². The summed E-state index contributed by atoms with van der Waals surface area (Å²) in [6, 6.07) is 5.20. The van der Waals surface area contributed by atoms with Crippen LogP contribution in [0.2, 0.25) is 5.02 Å². The lowest BCUT2D eigenvalue weighted by atomic mass is 10.0. The Bertz CT molecular complexity index is 734. The van der Waals surface area contributed by atoms with Gasteiger partial charge in [-0.25, -0.2) is 4.79 Å². The maximum Gasteiger partial charge on any atom is 0.420 e. The molecule has 1 fully saturated rings. The van der Waals surface area contributed by atoms with Crippen molar-refractivity contribution in [1.82, 2.24) is 9.47 Å². The standard InChI is InChI=1S/C15H17ClN2O3/c1-10-4-2-3-7-17(10)14(19)9-18-12-6-5-11(16)8-13(12)21-15(18)20/h5-6,8,10H,2-4,7,9H2,1H3/t10-/m0/s1. The minimum Gasteiger partial charge on any atom is -0.408 e. The summed E-state index contributed by atoms with van der Waals surface area (Å²) in [5, 5.41) is 0.499. The van der Waals surface area contributed by atoms with Crippen molar-refractivity contribution >= 4 is 28.6 Å². The molecule has 1 aliphatic rings. The molecule has 0 bridgehead atoms. The summed E-state index contributed by atoms with van der Waals surface area (Å²) >= 11 is 5.88. The van der Waals surface area contributed by atoms with E-state index < -0.39 is 5.76 Å². The third-order valence-electron chi connectivity index (χ3n) is 4.05. The fourth-order valence-corrected chi connectivity index (χ4v) is 3.05. The number of fused-ring (bicyclic) bond motifs is 1. The summed E-state index contributed by atoms with van der Waals surface area (Å²) in [5.74, 6) is -0.563. The molecule has 1 saturated heterocycles. The average Bonchev–Trinajstić information content (AvgIpc) is 2.74. The van der Waals surface area contributed by atoms with E-state index in [1.807, 2.05) is 11.8 Å². The Balaban J connectivity index is 1.89. The molecule has 5 nitrogen and oxygen atoms in total. The lowest BCUT2D eigenvalue weighted by molar-refractivity contribution is -0.135. The molecule has 1 aromatic carbocycles. The molecule has 2 heterocycles. The molecule has 0 aliphatic carbocycles. The molecule has 3 rings (SSSR count). The van der Waals surface area contributed by atoms with Crippen molar-refractivity contribution in [3.63, 3.8) is 0 Å². The SMILES string of the molecule is C[C@H]1CCCCN1C(=O)Cn1c(=O)oc2cc(Cl)ccc21. The number of benzene rings is 1. The Morgan fingerprint density at radius 1 is 1.43 bits per heavy atom. The summed E-state index contributed by atoms with van der Waals surface area (Å²) in [4.78, 5) is 26.2. The van der Waals surface area contributed by atoms with E-state index in [1.54, 1.807) is 18.2 Å². The van der Waals surface area contributed by atoms with Crippen LogP contribution < -0.4 is 5.76 Å². The lowest BCUT2D eigenvalue weighted by Crippen LogP contribution is -2.44. The van der Waals surface area contributed by atoms with E-state index in [2.05, 4.69) is 0 Å². The summed E-state index contributed by atoms with van der Waals surface area (Å²) < 4.78 is 6.52. The van der Waals surface area contributed by atoms with Gasteiger partial charge in [0.25, 0.3) is 0 Å². The molecule has 0 unspecified atom stereocenters. The van der Waals surface area contributed by atoms with E-state index >= 15 is 0 Å². The van der Waals surface area contributed by atoms with Crippen molar-refractivity contribution in [2.45, 2.75) is 38.8 Å². The number of likely N-dealkylation sites (tertiary alicyclic amines) is 1. The predicted octanol–water partition coefficient (Wildman–Crippen LogP) is 2.65. The van der Waals surface area contributed by atoms with Crippen molar-refractivity contribution in [2.75, 3.05) is 6.54 Å². The Morgan fingerprint density at radius 2 is 2.24 bits per heavy atom. The Hall–Kier alpha value is -1.75. The van der Waals surface area contributed by atoms with Gasteiger partial charge < -0.3 is 9.32 Å². The van der Waals surface area contributed by atoms with Gasteiger partial charge in [0, 0.05) is 23.7 Å². The van der Waals surface area contributed by atoms with Crippen LogP contribution in [0.3, 0.4) is 0 Å². The van der Waals surface area contributed by atoms with Crippen LogP contribution in [0.25, 0.3) is 11.1 Å². The molecular weight excluding hydrogens is 292 g/mol. The van der Waals surface area contributed by atoms with Crippen LogP contribution in [0.4, 0.5) is 0 Å². The molecule has 21 heavy (non-hydrogen) atoms. The highest BCUT2D eigenvalue weighted by molar-refractivity contribution is 6.31. The van der Waals surface area contributed by atoms with E-state index in [9.17, 15) is 9.59 Å². The number of oxazole rings is 1. The van der Waals surface area contributed by atoms with Crippen LogP contribution in [-0.4, -0.2) is 28.0 Å². The van der Waals surface area contributed by atoms with Crippen LogP contribution in [0, 0.1) is 0 Å². The smallest absolute Gasteiger partial charge is 0.408 e. The van der Waals surface area contributed by atoms with Crippen LogP contribution in [-0.2, 0) is 11.3 Å². The first-order valence-electron chi connectivity index (χ1n) is 7.14. The molecule has 0 saturated carbocycles. The molecule has 112 valence electrons. The number of carbonyl (C=O) groups is 1. The number of carbonyl (C=O) groups excluding carboxylic acids is 1. The summed E-state index contributed by atoms with van der Waals surface area (Å²) in [6.45, 7) is 2.82. The van der Waals surface area contributed by atoms with E-state index in [0.29, 0.717) is 16.1 Å². The number of aromatic nitrogens is 1. The molecule has 6 heteroatoms. The van der Waals surface area contributed by atoms with Gasteiger partial charge in [0.15, 0.2) is 5.58 Å². The van der Waals surface area contributed by atoms with E-state index in [0.717, 1.165) is 25.8 Å². The van der Waals surface area contributed by atoms with Crippen LogP contribution in [0.15, 0.2) is 27.4 Å². The Kier molecular flexibility index (Phi) is 3.76. The molecule has 1 amide bonds. The highest BCUT2D eigenvalue weighted by Crippen LogP contribution is 2.20. The molecule has 0 radical (unpaired) electrons. The van der Waals surface area contributed by atoms with Crippen molar-refractivity contribution in [3.05, 3.63) is 33.8 Å². The molecule has 0 spiro atoms. The second-order valence-electron chi connectivity index (χ2n) is 5.50. The molecule has 2 aromatic rings. The monoisotopic (exact) mass is 308 g/mol. The van der Waals surface area contributed by atoms with Crippen molar-refractivity contribution in [3.8, 4) is 0 Å². The fourth-order valence-electron chi connectivity index (χ4n) is 2.88. The molecule has 1 aromatic heterocycles. The number of hydrogen-bond donors (Lipinski definition) is 0. The topological polar surface area (TPSA) is 55.5 Å². The van der Waals surface area contributed by atoms with Gasteiger partial charge in [-0.1, -0.05) is 11.6 Å².